The van der Waals surface area contributed by atoms with Crippen molar-refractivity contribution in [2.75, 3.05) is 5.32 Å². The summed E-state index contributed by atoms with van der Waals surface area (Å²) >= 11 is 1.19. The largest absolute Gasteiger partial charge is 0.365 e. The van der Waals surface area contributed by atoms with E-state index in [1.807, 2.05) is 0 Å². The minimum absolute atomic E-state index is 0.0781. The summed E-state index contributed by atoms with van der Waals surface area (Å²) in [5.74, 6) is -1.69. The van der Waals surface area contributed by atoms with E-state index in [4.69, 9.17) is 11.5 Å². The molecule has 2 heterocycles. The lowest BCUT2D eigenvalue weighted by molar-refractivity contribution is 0.100. The van der Waals surface area contributed by atoms with Crippen molar-refractivity contribution < 1.29 is 18.4 Å². The molecule has 2 aromatic heterocycles. The van der Waals surface area contributed by atoms with Gasteiger partial charge in [-0.15, -0.1) is 11.3 Å². The van der Waals surface area contributed by atoms with E-state index in [1.165, 1.54) is 11.3 Å². The fraction of sp³-hybridized carbons (Fsp3) is 0.167. The Bertz CT molecular complexity index is 1120. The van der Waals surface area contributed by atoms with Gasteiger partial charge in [-0.2, -0.15) is 5.10 Å². The third-order valence-electron chi connectivity index (χ3n) is 4.62. The minimum Gasteiger partial charge on any atom is -0.365 e. The van der Waals surface area contributed by atoms with Crippen molar-refractivity contribution in [1.29, 1.82) is 0 Å². The number of fused-ring (bicyclic) bond motifs is 3. The molecule has 0 atom stereocenters. The number of hydrogen-bond acceptors (Lipinski definition) is 4. The van der Waals surface area contributed by atoms with E-state index in [-0.39, 0.29) is 17.7 Å². The maximum absolute atomic E-state index is 14.0. The number of carbonyl (C=O) groups excluding carboxylic acids is 2. The topological polar surface area (TPSA) is 116 Å². The molecule has 0 saturated carbocycles. The van der Waals surface area contributed by atoms with Crippen molar-refractivity contribution in [3.05, 3.63) is 58.4 Å². The quantitative estimate of drug-likeness (QED) is 0.622. The Balaban J connectivity index is 1.76. The molecule has 5 N–H and O–H groups in total. The molecule has 1 aliphatic rings. The number of nitrogens with two attached hydrogens (primary N) is 2. The molecule has 3 amide bonds. The average Bonchev–Trinajstić information content (AvgIpc) is 3.18. The van der Waals surface area contributed by atoms with Crippen molar-refractivity contribution >= 4 is 28.3 Å². The molecule has 10 heteroatoms. The maximum Gasteiger partial charge on any atom is 0.317 e. The zero-order valence-corrected chi connectivity index (χ0v) is 15.3. The Labute approximate surface area is 161 Å². The lowest BCUT2D eigenvalue weighted by atomic mass is 9.93. The highest BCUT2D eigenvalue weighted by atomic mass is 32.1. The predicted molar refractivity (Wildman–Crippen MR) is 100 cm³/mol. The lowest BCUT2D eigenvalue weighted by Gasteiger charge is -2.16. The summed E-state index contributed by atoms with van der Waals surface area (Å²) in [5.41, 5.74) is 13.4. The van der Waals surface area contributed by atoms with Crippen LogP contribution in [0.25, 0.3) is 10.4 Å². The second kappa shape index (κ2) is 6.71. The highest BCUT2D eigenvalue weighted by Crippen LogP contribution is 2.45. The Kier molecular flexibility index (Phi) is 4.34. The van der Waals surface area contributed by atoms with Crippen molar-refractivity contribution in [3.8, 4) is 10.4 Å². The van der Waals surface area contributed by atoms with Gasteiger partial charge in [-0.25, -0.2) is 13.6 Å². The Hall–Kier alpha value is -3.27. The summed E-state index contributed by atoms with van der Waals surface area (Å²) in [5, 5.41) is 7.05. The summed E-state index contributed by atoms with van der Waals surface area (Å²) in [6.45, 7) is 0.0781. The first-order valence-electron chi connectivity index (χ1n) is 8.36. The summed E-state index contributed by atoms with van der Waals surface area (Å²) in [4.78, 5) is 23.9. The third-order valence-corrected chi connectivity index (χ3v) is 5.80. The zero-order valence-electron chi connectivity index (χ0n) is 14.5. The second-order valence-corrected chi connectivity index (χ2v) is 7.39. The van der Waals surface area contributed by atoms with Crippen LogP contribution in [0.5, 0.6) is 0 Å². The number of primary amides is 2. The van der Waals surface area contributed by atoms with Crippen LogP contribution >= 0.6 is 11.3 Å². The van der Waals surface area contributed by atoms with Crippen LogP contribution in [0.4, 0.5) is 18.6 Å². The molecule has 0 bridgehead atoms. The van der Waals surface area contributed by atoms with Gasteiger partial charge in [-0.05, 0) is 36.6 Å². The van der Waals surface area contributed by atoms with Crippen LogP contribution in [0, 0.1) is 11.6 Å². The molecular formula is C18H15F2N5O2S. The number of aromatic nitrogens is 2. The molecule has 1 aliphatic carbocycles. The standard InChI is InChI=1S/C18H15F2N5O2S/c19-9-1-3-12(20)8(5-9)7-25-13-4-2-10-14(16(21)26)17(24-18(22)27)28-15(10)11(13)6-23-25/h1,3,5-6H,2,4,7H2,(H2,21,26)(H3,22,24,27). The van der Waals surface area contributed by atoms with Gasteiger partial charge in [0.1, 0.15) is 16.6 Å². The number of nitrogens with one attached hydrogen (secondary N) is 1. The molecule has 28 heavy (non-hydrogen) atoms. The normalized spacial score (nSPS) is 12.4. The molecule has 3 aromatic rings. The number of anilines is 1. The maximum atomic E-state index is 14.0. The molecule has 0 fully saturated rings. The molecule has 0 aliphatic heterocycles. The summed E-state index contributed by atoms with van der Waals surface area (Å²) < 4.78 is 29.1. The predicted octanol–water partition coefficient (Wildman–Crippen LogP) is 2.63. The van der Waals surface area contributed by atoms with Gasteiger partial charge >= 0.3 is 6.03 Å². The summed E-state index contributed by atoms with van der Waals surface area (Å²) in [6.07, 6.45) is 2.64. The highest BCUT2D eigenvalue weighted by Gasteiger charge is 2.30. The summed E-state index contributed by atoms with van der Waals surface area (Å²) in [7, 11) is 0. The van der Waals surface area contributed by atoms with Gasteiger partial charge in [-0.3, -0.25) is 14.8 Å². The van der Waals surface area contributed by atoms with Crippen LogP contribution in [0.3, 0.4) is 0 Å². The number of halogens is 2. The minimum atomic E-state index is -0.793. The van der Waals surface area contributed by atoms with Crippen LogP contribution in [-0.2, 0) is 19.4 Å². The smallest absolute Gasteiger partial charge is 0.317 e. The van der Waals surface area contributed by atoms with Gasteiger partial charge in [0, 0.05) is 21.7 Å². The van der Waals surface area contributed by atoms with E-state index in [2.05, 4.69) is 10.4 Å². The average molecular weight is 403 g/mol. The number of hydrogen-bond donors (Lipinski definition) is 3. The van der Waals surface area contributed by atoms with E-state index >= 15 is 0 Å². The fourth-order valence-electron chi connectivity index (χ4n) is 3.45. The first-order valence-corrected chi connectivity index (χ1v) is 9.17. The molecule has 7 nitrogen and oxygen atoms in total. The lowest BCUT2D eigenvalue weighted by Crippen LogP contribution is -2.22. The molecule has 4 rings (SSSR count). The van der Waals surface area contributed by atoms with Crippen molar-refractivity contribution in [2.45, 2.75) is 19.4 Å². The van der Waals surface area contributed by atoms with Gasteiger partial charge in [-0.1, -0.05) is 0 Å². The monoisotopic (exact) mass is 403 g/mol. The van der Waals surface area contributed by atoms with Gasteiger partial charge < -0.3 is 11.5 Å². The van der Waals surface area contributed by atoms with Crippen LogP contribution in [0.15, 0.2) is 24.4 Å². The molecule has 1 aromatic carbocycles. The third kappa shape index (κ3) is 3.01. The Morgan fingerprint density at radius 1 is 1.25 bits per heavy atom. The molecular weight excluding hydrogens is 388 g/mol. The van der Waals surface area contributed by atoms with E-state index < -0.39 is 23.6 Å². The number of urea groups is 1. The first-order chi connectivity index (χ1) is 13.3. The van der Waals surface area contributed by atoms with Gasteiger partial charge in [0.15, 0.2) is 0 Å². The number of nitrogens with zero attached hydrogens (tertiary/aromatic N) is 2. The van der Waals surface area contributed by atoms with Crippen LogP contribution in [0.1, 0.15) is 27.2 Å². The van der Waals surface area contributed by atoms with Crippen molar-refractivity contribution in [2.24, 2.45) is 11.5 Å². The van der Waals surface area contributed by atoms with Crippen molar-refractivity contribution in [3.63, 3.8) is 0 Å². The number of amides is 3. The Morgan fingerprint density at radius 2 is 2.04 bits per heavy atom. The van der Waals surface area contributed by atoms with Crippen LogP contribution in [0.2, 0.25) is 0 Å². The molecule has 144 valence electrons. The zero-order chi connectivity index (χ0) is 20.0. The molecule has 0 spiro atoms. The van der Waals surface area contributed by atoms with Crippen LogP contribution < -0.4 is 16.8 Å². The van der Waals surface area contributed by atoms with Gasteiger partial charge in [0.25, 0.3) is 5.91 Å². The van der Waals surface area contributed by atoms with Crippen molar-refractivity contribution in [1.82, 2.24) is 9.78 Å². The Morgan fingerprint density at radius 3 is 2.75 bits per heavy atom. The number of benzene rings is 1. The number of carbonyl (C=O) groups is 2. The SMILES string of the molecule is NC(=O)Nc1sc2c(c1C(N)=O)CCc1c-2cnn1Cc1cc(F)ccc1F. The van der Waals surface area contributed by atoms with E-state index in [0.717, 1.165) is 39.9 Å². The number of rotatable bonds is 4. The summed E-state index contributed by atoms with van der Waals surface area (Å²) in [6, 6.07) is 2.49. The van der Waals surface area contributed by atoms with E-state index in [9.17, 15) is 18.4 Å². The number of thiophene rings is 1. The second-order valence-electron chi connectivity index (χ2n) is 6.37. The van der Waals surface area contributed by atoms with Gasteiger partial charge in [0.05, 0.1) is 18.3 Å². The van der Waals surface area contributed by atoms with E-state index in [1.54, 1.807) is 10.9 Å². The fourth-order valence-corrected chi connectivity index (χ4v) is 4.74. The molecule has 0 saturated heterocycles. The highest BCUT2D eigenvalue weighted by molar-refractivity contribution is 7.20. The van der Waals surface area contributed by atoms with E-state index in [0.29, 0.717) is 17.8 Å². The van der Waals surface area contributed by atoms with Gasteiger partial charge in [0.2, 0.25) is 0 Å². The van der Waals surface area contributed by atoms with Crippen LogP contribution in [-0.4, -0.2) is 21.7 Å². The molecule has 0 unspecified atom stereocenters. The first kappa shape index (κ1) is 18.1. The molecule has 0 radical (unpaired) electrons.